The first-order valence-corrected chi connectivity index (χ1v) is 9.09. The number of halogens is 1. The van der Waals surface area contributed by atoms with Gasteiger partial charge in [-0.1, -0.05) is 48.5 Å². The number of rotatable bonds is 6. The van der Waals surface area contributed by atoms with Gasteiger partial charge in [-0.2, -0.15) is 5.10 Å². The fourth-order valence-electron chi connectivity index (χ4n) is 2.47. The van der Waals surface area contributed by atoms with Crippen molar-refractivity contribution in [2.75, 3.05) is 10.6 Å². The maximum Gasteiger partial charge on any atom is 0.323 e. The maximum atomic E-state index is 13.6. The highest BCUT2D eigenvalue weighted by Gasteiger charge is 2.08. The molecule has 3 amide bonds. The summed E-state index contributed by atoms with van der Waals surface area (Å²) in [6.45, 7) is 0. The van der Waals surface area contributed by atoms with Crippen molar-refractivity contribution in [2.24, 2.45) is 5.10 Å². The van der Waals surface area contributed by atoms with Crippen LogP contribution in [0.15, 0.2) is 90.0 Å². The summed E-state index contributed by atoms with van der Waals surface area (Å²) in [7, 11) is 0. The molecule has 0 saturated carbocycles. The van der Waals surface area contributed by atoms with E-state index in [1.807, 2.05) is 36.4 Å². The zero-order valence-corrected chi connectivity index (χ0v) is 15.9. The van der Waals surface area contributed by atoms with Gasteiger partial charge in [-0.15, -0.1) is 0 Å². The third kappa shape index (κ3) is 6.13. The number of carbonyl (C=O) groups is 2. The van der Waals surface area contributed by atoms with Crippen LogP contribution in [0.1, 0.15) is 15.9 Å². The molecule has 0 aliphatic rings. The number of hydrazone groups is 1. The van der Waals surface area contributed by atoms with Crippen molar-refractivity contribution in [1.29, 1.82) is 0 Å². The summed E-state index contributed by atoms with van der Waals surface area (Å²) in [6, 6.07) is 21.2. The minimum atomic E-state index is -0.591. The first-order valence-electron chi connectivity index (χ1n) is 9.09. The number of amides is 3. The highest BCUT2D eigenvalue weighted by atomic mass is 19.1. The molecule has 3 N–H and O–H groups in total. The summed E-state index contributed by atoms with van der Waals surface area (Å²) in [5.41, 5.74) is 4.35. The number of anilines is 2. The average Bonchev–Trinajstić information content (AvgIpc) is 2.76. The van der Waals surface area contributed by atoms with Gasteiger partial charge in [0.1, 0.15) is 5.82 Å². The summed E-state index contributed by atoms with van der Waals surface area (Å²) < 4.78 is 13.6. The van der Waals surface area contributed by atoms with Crippen LogP contribution in [-0.2, 0) is 0 Å². The molecule has 7 heteroatoms. The summed E-state index contributed by atoms with van der Waals surface area (Å²) in [5.74, 6) is -0.916. The summed E-state index contributed by atoms with van der Waals surface area (Å²) in [4.78, 5) is 24.1. The van der Waals surface area contributed by atoms with E-state index in [0.29, 0.717) is 11.3 Å². The summed E-state index contributed by atoms with van der Waals surface area (Å²) >= 11 is 0. The minimum Gasteiger partial charge on any atom is -0.308 e. The lowest BCUT2D eigenvalue weighted by Crippen LogP contribution is -2.20. The molecule has 3 aromatic rings. The van der Waals surface area contributed by atoms with Gasteiger partial charge in [-0.05, 0) is 48.0 Å². The first-order chi connectivity index (χ1) is 14.6. The zero-order chi connectivity index (χ0) is 21.2. The van der Waals surface area contributed by atoms with Crippen molar-refractivity contribution in [3.05, 3.63) is 102 Å². The first kappa shape index (κ1) is 20.5. The SMILES string of the molecule is O=C(Nc1ccc(C(=O)N/N=C\C=C/c2ccccc2)cc1)Nc1ccccc1F. The molecule has 30 heavy (non-hydrogen) atoms. The van der Waals surface area contributed by atoms with Gasteiger partial charge in [0.05, 0.1) is 5.69 Å². The molecule has 0 saturated heterocycles. The van der Waals surface area contributed by atoms with Crippen LogP contribution in [0, 0.1) is 5.82 Å². The van der Waals surface area contributed by atoms with E-state index in [1.54, 1.807) is 36.4 Å². The Morgan fingerprint density at radius 2 is 1.53 bits per heavy atom. The molecule has 0 radical (unpaired) electrons. The highest BCUT2D eigenvalue weighted by Crippen LogP contribution is 2.14. The molecule has 0 fully saturated rings. The molecule has 0 heterocycles. The molecular weight excluding hydrogens is 383 g/mol. The topological polar surface area (TPSA) is 82.6 Å². The van der Waals surface area contributed by atoms with E-state index in [0.717, 1.165) is 5.56 Å². The molecule has 0 aliphatic carbocycles. The second-order valence-electron chi connectivity index (χ2n) is 6.13. The van der Waals surface area contributed by atoms with Crippen LogP contribution in [0.4, 0.5) is 20.6 Å². The van der Waals surface area contributed by atoms with Crippen molar-refractivity contribution in [2.45, 2.75) is 0 Å². The Morgan fingerprint density at radius 3 is 2.27 bits per heavy atom. The van der Waals surface area contributed by atoms with E-state index in [9.17, 15) is 14.0 Å². The van der Waals surface area contributed by atoms with E-state index < -0.39 is 11.8 Å². The van der Waals surface area contributed by atoms with Gasteiger partial charge in [-0.3, -0.25) is 4.79 Å². The number of urea groups is 1. The Bertz CT molecular complexity index is 1060. The normalized spacial score (nSPS) is 10.8. The molecular formula is C23H19FN4O2. The number of nitrogens with zero attached hydrogens (tertiary/aromatic N) is 1. The Balaban J connectivity index is 1.49. The molecule has 0 bridgehead atoms. The van der Waals surface area contributed by atoms with E-state index >= 15 is 0 Å². The number of allylic oxidation sites excluding steroid dienone is 1. The van der Waals surface area contributed by atoms with Gasteiger partial charge in [0.15, 0.2) is 0 Å². The lowest BCUT2D eigenvalue weighted by molar-refractivity contribution is 0.0955. The van der Waals surface area contributed by atoms with Gasteiger partial charge >= 0.3 is 6.03 Å². The van der Waals surface area contributed by atoms with E-state index in [4.69, 9.17) is 0 Å². The number of benzene rings is 3. The molecule has 0 unspecified atom stereocenters. The van der Waals surface area contributed by atoms with Crippen LogP contribution < -0.4 is 16.1 Å². The van der Waals surface area contributed by atoms with Crippen LogP contribution in [-0.4, -0.2) is 18.2 Å². The Kier molecular flexibility index (Phi) is 7.05. The largest absolute Gasteiger partial charge is 0.323 e. The van der Waals surface area contributed by atoms with Crippen LogP contribution in [0.2, 0.25) is 0 Å². The van der Waals surface area contributed by atoms with Gasteiger partial charge in [-0.25, -0.2) is 14.6 Å². The second-order valence-corrected chi connectivity index (χ2v) is 6.13. The predicted molar refractivity (Wildman–Crippen MR) is 117 cm³/mol. The second kappa shape index (κ2) is 10.3. The number of para-hydroxylation sites is 1. The number of carbonyl (C=O) groups excluding carboxylic acids is 2. The smallest absolute Gasteiger partial charge is 0.308 e. The number of nitrogens with one attached hydrogen (secondary N) is 3. The highest BCUT2D eigenvalue weighted by molar-refractivity contribution is 6.00. The Hall–Kier alpha value is -4.26. The average molecular weight is 402 g/mol. The molecule has 3 aromatic carbocycles. The minimum absolute atomic E-state index is 0.0742. The van der Waals surface area contributed by atoms with Crippen molar-refractivity contribution < 1.29 is 14.0 Å². The van der Waals surface area contributed by atoms with E-state index in [-0.39, 0.29) is 11.6 Å². The fraction of sp³-hybridized carbons (Fsp3) is 0. The van der Waals surface area contributed by atoms with Crippen LogP contribution in [0.25, 0.3) is 6.08 Å². The molecule has 0 aromatic heterocycles. The summed E-state index contributed by atoms with van der Waals surface area (Å²) in [6.07, 6.45) is 5.06. The van der Waals surface area contributed by atoms with Crippen LogP contribution in [0.3, 0.4) is 0 Å². The predicted octanol–water partition coefficient (Wildman–Crippen LogP) is 4.90. The Morgan fingerprint density at radius 1 is 0.833 bits per heavy atom. The lowest BCUT2D eigenvalue weighted by atomic mass is 10.2. The quantitative estimate of drug-likeness (QED) is 0.405. The van der Waals surface area contributed by atoms with Crippen LogP contribution in [0.5, 0.6) is 0 Å². The zero-order valence-electron chi connectivity index (χ0n) is 15.9. The van der Waals surface area contributed by atoms with E-state index in [1.165, 1.54) is 24.4 Å². The molecule has 0 atom stereocenters. The summed E-state index contributed by atoms with van der Waals surface area (Å²) in [5, 5.41) is 8.85. The van der Waals surface area contributed by atoms with Crippen molar-refractivity contribution in [1.82, 2.24) is 5.43 Å². The number of hydrogen-bond acceptors (Lipinski definition) is 3. The van der Waals surface area contributed by atoms with Crippen LogP contribution >= 0.6 is 0 Å². The van der Waals surface area contributed by atoms with Crippen molar-refractivity contribution >= 4 is 35.6 Å². The van der Waals surface area contributed by atoms with Gasteiger partial charge in [0.25, 0.3) is 5.91 Å². The van der Waals surface area contributed by atoms with Gasteiger partial charge < -0.3 is 10.6 Å². The molecule has 6 nitrogen and oxygen atoms in total. The van der Waals surface area contributed by atoms with Gasteiger partial charge in [0, 0.05) is 17.5 Å². The Labute approximate surface area is 173 Å². The molecule has 3 rings (SSSR count). The van der Waals surface area contributed by atoms with Crippen molar-refractivity contribution in [3.8, 4) is 0 Å². The molecule has 0 spiro atoms. The van der Waals surface area contributed by atoms with Gasteiger partial charge in [0.2, 0.25) is 0 Å². The van der Waals surface area contributed by atoms with Crippen molar-refractivity contribution in [3.63, 3.8) is 0 Å². The lowest BCUT2D eigenvalue weighted by Gasteiger charge is -2.08. The fourth-order valence-corrected chi connectivity index (χ4v) is 2.47. The third-order valence-corrected chi connectivity index (χ3v) is 3.94. The third-order valence-electron chi connectivity index (χ3n) is 3.94. The van der Waals surface area contributed by atoms with E-state index in [2.05, 4.69) is 21.2 Å². The monoisotopic (exact) mass is 402 g/mol. The molecule has 0 aliphatic heterocycles. The standard InChI is InChI=1S/C23H19FN4O2/c24-20-10-4-5-11-21(20)27-23(30)26-19-14-12-18(13-15-19)22(29)28-25-16-6-9-17-7-2-1-3-8-17/h1-16H,(H,28,29)(H2,26,27,30)/b9-6-,25-16-. The maximum absolute atomic E-state index is 13.6. The number of hydrogen-bond donors (Lipinski definition) is 3. The molecule has 150 valence electrons.